The van der Waals surface area contributed by atoms with Crippen LogP contribution in [0.3, 0.4) is 0 Å². The number of hydrogen-bond donors (Lipinski definition) is 1. The number of nitrogens with two attached hydrogens (primary N) is 1. The molecule has 1 amide bonds. The van der Waals surface area contributed by atoms with E-state index in [0.717, 1.165) is 8.26 Å². The van der Waals surface area contributed by atoms with Gasteiger partial charge in [-0.25, -0.2) is 0 Å². The maximum Gasteiger partial charge on any atom is 0.264 e. The summed E-state index contributed by atoms with van der Waals surface area (Å²) < 4.78 is 1.82. The summed E-state index contributed by atoms with van der Waals surface area (Å²) in [6, 6.07) is 1.94. The monoisotopic (exact) mass is 412 g/mol. The number of carbonyl (C=O) groups is 1. The maximum atomic E-state index is 12.4. The Labute approximate surface area is 133 Å². The van der Waals surface area contributed by atoms with Gasteiger partial charge in [0.15, 0.2) is 0 Å². The van der Waals surface area contributed by atoms with Crippen LogP contribution in [0.15, 0.2) is 14.3 Å². The molecule has 0 aliphatic carbocycles. The summed E-state index contributed by atoms with van der Waals surface area (Å²) in [6.07, 6.45) is 0.549. The standard InChI is InChI=1S/C11H14Br2N2OS2/c1-6(2)15(4-3-9(14)17)11(16)8-5-7(12)10(13)18-8/h5-6H,3-4H2,1-2H3,(H2,14,17). The first kappa shape index (κ1) is 16.1. The zero-order valence-electron chi connectivity index (χ0n) is 10.1. The van der Waals surface area contributed by atoms with E-state index >= 15 is 0 Å². The molecule has 0 bridgehead atoms. The molecule has 0 saturated heterocycles. The Hall–Kier alpha value is 0.0200. The van der Waals surface area contributed by atoms with Gasteiger partial charge in [-0.15, -0.1) is 11.3 Å². The Bertz CT molecular complexity index is 440. The minimum absolute atomic E-state index is 0.0117. The summed E-state index contributed by atoms with van der Waals surface area (Å²) >= 11 is 13.1. The van der Waals surface area contributed by atoms with Crippen LogP contribution in [0.1, 0.15) is 29.9 Å². The van der Waals surface area contributed by atoms with E-state index in [-0.39, 0.29) is 11.9 Å². The Morgan fingerprint density at radius 1 is 1.56 bits per heavy atom. The number of hydrogen-bond acceptors (Lipinski definition) is 3. The van der Waals surface area contributed by atoms with Crippen LogP contribution in [0.5, 0.6) is 0 Å². The molecule has 7 heteroatoms. The van der Waals surface area contributed by atoms with Gasteiger partial charge in [-0.2, -0.15) is 0 Å². The molecule has 0 unspecified atom stereocenters. The number of carbonyl (C=O) groups excluding carboxylic acids is 1. The van der Waals surface area contributed by atoms with E-state index < -0.39 is 0 Å². The second kappa shape index (κ2) is 6.98. The third-order valence-corrected chi connectivity index (χ3v) is 5.79. The van der Waals surface area contributed by atoms with Crippen molar-refractivity contribution in [2.75, 3.05) is 6.54 Å². The van der Waals surface area contributed by atoms with Crippen LogP contribution in [0, 0.1) is 0 Å². The van der Waals surface area contributed by atoms with Crippen molar-refractivity contribution in [1.82, 2.24) is 4.90 Å². The van der Waals surface area contributed by atoms with Gasteiger partial charge in [-0.3, -0.25) is 4.79 Å². The number of nitrogens with zero attached hydrogens (tertiary/aromatic N) is 1. The molecular formula is C11H14Br2N2OS2. The lowest BCUT2D eigenvalue weighted by molar-refractivity contribution is 0.0716. The molecule has 0 aliphatic heterocycles. The molecule has 1 heterocycles. The number of thiocarbonyl (C=S) groups is 1. The Balaban J connectivity index is 2.85. The highest BCUT2D eigenvalue weighted by Crippen LogP contribution is 2.33. The highest BCUT2D eigenvalue weighted by molar-refractivity contribution is 9.13. The minimum Gasteiger partial charge on any atom is -0.393 e. The van der Waals surface area contributed by atoms with Crippen molar-refractivity contribution in [3.8, 4) is 0 Å². The molecule has 3 nitrogen and oxygen atoms in total. The molecule has 0 spiro atoms. The molecule has 0 fully saturated rings. The normalized spacial score (nSPS) is 10.7. The molecule has 2 N–H and O–H groups in total. The summed E-state index contributed by atoms with van der Waals surface area (Å²) in [4.78, 5) is 15.3. The van der Waals surface area contributed by atoms with E-state index in [0.29, 0.717) is 22.8 Å². The molecule has 0 saturated carbocycles. The molecular weight excluding hydrogens is 400 g/mol. The summed E-state index contributed by atoms with van der Waals surface area (Å²) in [6.45, 7) is 4.52. The van der Waals surface area contributed by atoms with Gasteiger partial charge >= 0.3 is 0 Å². The van der Waals surface area contributed by atoms with E-state index in [1.807, 2.05) is 19.9 Å². The van der Waals surface area contributed by atoms with Crippen molar-refractivity contribution >= 4 is 66.3 Å². The fraction of sp³-hybridized carbons (Fsp3) is 0.455. The average molecular weight is 414 g/mol. The minimum atomic E-state index is 0.0117. The quantitative estimate of drug-likeness (QED) is 0.746. The van der Waals surface area contributed by atoms with E-state index in [1.165, 1.54) is 11.3 Å². The third-order valence-electron chi connectivity index (χ3n) is 2.34. The van der Waals surface area contributed by atoms with Crippen LogP contribution >= 0.6 is 55.4 Å². The van der Waals surface area contributed by atoms with Crippen molar-refractivity contribution < 1.29 is 4.79 Å². The third kappa shape index (κ3) is 4.29. The molecule has 0 aromatic carbocycles. The molecule has 100 valence electrons. The highest BCUT2D eigenvalue weighted by atomic mass is 79.9. The lowest BCUT2D eigenvalue weighted by atomic mass is 10.2. The van der Waals surface area contributed by atoms with Crippen molar-refractivity contribution in [2.24, 2.45) is 5.73 Å². The van der Waals surface area contributed by atoms with Gasteiger partial charge in [0, 0.05) is 23.5 Å². The molecule has 1 aromatic rings. The summed E-state index contributed by atoms with van der Waals surface area (Å²) in [5.74, 6) is 0.0117. The second-order valence-corrected chi connectivity index (χ2v) is 7.79. The van der Waals surface area contributed by atoms with Gasteiger partial charge in [0.05, 0.1) is 13.7 Å². The van der Waals surface area contributed by atoms with E-state index in [9.17, 15) is 4.79 Å². The number of thiophene rings is 1. The molecule has 1 rings (SSSR count). The largest absolute Gasteiger partial charge is 0.393 e. The van der Waals surface area contributed by atoms with Crippen molar-refractivity contribution in [3.63, 3.8) is 0 Å². The summed E-state index contributed by atoms with van der Waals surface area (Å²) in [7, 11) is 0. The fourth-order valence-electron chi connectivity index (χ4n) is 1.42. The first-order chi connectivity index (χ1) is 8.32. The Morgan fingerprint density at radius 3 is 2.56 bits per heavy atom. The molecule has 0 aliphatic rings. The van der Waals surface area contributed by atoms with Gasteiger partial charge in [-0.1, -0.05) is 12.2 Å². The fourth-order valence-corrected chi connectivity index (χ4v) is 3.50. The maximum absolute atomic E-state index is 12.4. The van der Waals surface area contributed by atoms with Crippen molar-refractivity contribution in [3.05, 3.63) is 19.2 Å². The van der Waals surface area contributed by atoms with Gasteiger partial charge in [0.1, 0.15) is 0 Å². The lowest BCUT2D eigenvalue weighted by Gasteiger charge is -2.26. The zero-order valence-corrected chi connectivity index (χ0v) is 14.9. The SMILES string of the molecule is CC(C)N(CCC(N)=S)C(=O)c1cc(Br)c(Br)s1. The Morgan fingerprint density at radius 2 is 2.17 bits per heavy atom. The Kier molecular flexibility index (Phi) is 6.23. The lowest BCUT2D eigenvalue weighted by Crippen LogP contribution is -2.38. The number of halogens is 2. The average Bonchev–Trinajstić information content (AvgIpc) is 2.58. The summed E-state index contributed by atoms with van der Waals surface area (Å²) in [5.41, 5.74) is 5.49. The molecule has 0 atom stereocenters. The van der Waals surface area contributed by atoms with E-state index in [2.05, 4.69) is 31.9 Å². The van der Waals surface area contributed by atoms with E-state index in [4.69, 9.17) is 18.0 Å². The first-order valence-electron chi connectivity index (χ1n) is 5.37. The first-order valence-corrected chi connectivity index (χ1v) is 8.18. The number of amides is 1. The van der Waals surface area contributed by atoms with Crippen LogP contribution < -0.4 is 5.73 Å². The predicted molar refractivity (Wildman–Crippen MR) is 87.3 cm³/mol. The van der Waals surface area contributed by atoms with Crippen LogP contribution in [0.25, 0.3) is 0 Å². The summed E-state index contributed by atoms with van der Waals surface area (Å²) in [5, 5.41) is 0. The molecule has 18 heavy (non-hydrogen) atoms. The van der Waals surface area contributed by atoms with Gasteiger partial charge < -0.3 is 10.6 Å². The topological polar surface area (TPSA) is 46.3 Å². The van der Waals surface area contributed by atoms with Crippen LogP contribution in [-0.4, -0.2) is 28.4 Å². The second-order valence-electron chi connectivity index (χ2n) is 4.04. The van der Waals surface area contributed by atoms with Crippen LogP contribution in [0.4, 0.5) is 0 Å². The van der Waals surface area contributed by atoms with Gasteiger partial charge in [0.2, 0.25) is 0 Å². The molecule has 0 radical (unpaired) electrons. The van der Waals surface area contributed by atoms with Crippen LogP contribution in [0.2, 0.25) is 0 Å². The predicted octanol–water partition coefficient (Wildman–Crippen LogP) is 3.80. The van der Waals surface area contributed by atoms with Crippen LogP contribution in [-0.2, 0) is 0 Å². The van der Waals surface area contributed by atoms with Crippen molar-refractivity contribution in [1.29, 1.82) is 0 Å². The van der Waals surface area contributed by atoms with E-state index in [1.54, 1.807) is 4.90 Å². The van der Waals surface area contributed by atoms with Gasteiger partial charge in [-0.05, 0) is 51.8 Å². The van der Waals surface area contributed by atoms with Gasteiger partial charge in [0.25, 0.3) is 5.91 Å². The number of rotatable bonds is 5. The van der Waals surface area contributed by atoms with Crippen molar-refractivity contribution in [2.45, 2.75) is 26.3 Å². The smallest absolute Gasteiger partial charge is 0.264 e. The molecule has 1 aromatic heterocycles. The highest BCUT2D eigenvalue weighted by Gasteiger charge is 2.21. The zero-order chi connectivity index (χ0) is 13.9.